The first-order chi connectivity index (χ1) is 25.3. The van der Waals surface area contributed by atoms with E-state index >= 15 is 0 Å². The lowest BCUT2D eigenvalue weighted by atomic mass is 9.91. The van der Waals surface area contributed by atoms with E-state index in [1.807, 2.05) is 36.4 Å². The van der Waals surface area contributed by atoms with Gasteiger partial charge in [-0.25, -0.2) is 4.98 Å². The van der Waals surface area contributed by atoms with Crippen LogP contribution in [0, 0.1) is 24.2 Å². The summed E-state index contributed by atoms with van der Waals surface area (Å²) in [6, 6.07) is 22.4. The number of likely N-dealkylation sites (tertiary alicyclic amines) is 2. The molecule has 11 nitrogen and oxygen atoms in total. The molecule has 1 aliphatic carbocycles. The Morgan fingerprint density at radius 2 is 1.77 bits per heavy atom. The molecule has 2 saturated heterocycles. The van der Waals surface area contributed by atoms with Crippen LogP contribution in [0.15, 0.2) is 65.1 Å². The largest absolute Gasteiger partial charge is 0.481 e. The summed E-state index contributed by atoms with van der Waals surface area (Å²) in [6.07, 6.45) is 2.65. The lowest BCUT2D eigenvalue weighted by Crippen LogP contribution is -2.22. The molecule has 5 aromatic rings. The number of rotatable bonds is 10. The molecule has 3 aliphatic rings. The molecule has 3 aromatic carbocycles. The van der Waals surface area contributed by atoms with E-state index in [0.29, 0.717) is 73.5 Å². The molecular formula is C41H41N5O6. The van der Waals surface area contributed by atoms with Crippen LogP contribution in [0.5, 0.6) is 11.8 Å². The van der Waals surface area contributed by atoms with Gasteiger partial charge >= 0.3 is 5.97 Å². The Hall–Kier alpha value is -5.28. The predicted molar refractivity (Wildman–Crippen MR) is 194 cm³/mol. The van der Waals surface area contributed by atoms with E-state index in [2.05, 4.69) is 47.1 Å². The van der Waals surface area contributed by atoms with E-state index in [1.54, 1.807) is 7.11 Å². The number of carboxylic acids is 1. The fraction of sp³-hybridized carbons (Fsp3) is 0.366. The molecule has 2 aromatic heterocycles. The molecule has 3 atom stereocenters. The minimum Gasteiger partial charge on any atom is -0.481 e. The smallest absolute Gasteiger partial charge is 0.307 e. The number of ether oxygens (including phenoxy) is 2. The van der Waals surface area contributed by atoms with Crippen molar-refractivity contribution < 1.29 is 28.9 Å². The van der Waals surface area contributed by atoms with Crippen LogP contribution in [-0.4, -0.2) is 75.3 Å². The normalized spacial score (nSPS) is 20.3. The van der Waals surface area contributed by atoms with Crippen molar-refractivity contribution in [2.75, 3.05) is 33.3 Å². The first kappa shape index (κ1) is 33.8. The molecule has 0 spiro atoms. The van der Waals surface area contributed by atoms with Gasteiger partial charge in [0.1, 0.15) is 17.7 Å². The van der Waals surface area contributed by atoms with E-state index in [0.717, 1.165) is 64.8 Å². The number of nitrogens with zero attached hydrogens (tertiary/aromatic N) is 5. The molecular weight excluding hydrogens is 658 g/mol. The number of nitriles is 1. The molecule has 4 heterocycles. The van der Waals surface area contributed by atoms with Gasteiger partial charge in [-0.15, -0.1) is 0 Å². The second kappa shape index (κ2) is 14.0. The highest BCUT2D eigenvalue weighted by Crippen LogP contribution is 2.42. The molecule has 0 radical (unpaired) electrons. The Morgan fingerprint density at radius 1 is 0.981 bits per heavy atom. The van der Waals surface area contributed by atoms with Crippen LogP contribution in [0.3, 0.4) is 0 Å². The molecule has 11 heteroatoms. The number of carbonyl (C=O) groups is 1. The molecule has 0 bridgehead atoms. The summed E-state index contributed by atoms with van der Waals surface area (Å²) in [4.78, 5) is 25.3. The number of aromatic nitrogens is 2. The highest BCUT2D eigenvalue weighted by atomic mass is 16.5. The maximum atomic E-state index is 11.5. The number of oxazole rings is 1. The Bertz CT molecular complexity index is 2210. The Labute approximate surface area is 302 Å². The van der Waals surface area contributed by atoms with E-state index in [9.17, 15) is 20.3 Å². The SMILES string of the molecule is COc1nc(O[C@H]2CCc3c(-c4cccc(-c5nc6cc(CN7CC[C@@H](C(=O)O)C7)cc(C#N)c6o5)c4C)cccc32)ccc1CN1CC[C@@H](O)C1. The third kappa shape index (κ3) is 6.50. The third-order valence-electron chi connectivity index (χ3n) is 10.8. The Kier molecular flexibility index (Phi) is 9.13. The molecule has 266 valence electrons. The van der Waals surface area contributed by atoms with Crippen molar-refractivity contribution in [1.82, 2.24) is 19.8 Å². The van der Waals surface area contributed by atoms with Crippen molar-refractivity contribution in [2.45, 2.75) is 57.9 Å². The quantitative estimate of drug-likeness (QED) is 0.170. The second-order valence-electron chi connectivity index (χ2n) is 14.2. The van der Waals surface area contributed by atoms with Crippen molar-refractivity contribution in [3.63, 3.8) is 0 Å². The number of β-amino-alcohol motifs (C(OH)–C–C–N with tert-alkyl or cyclic N) is 1. The van der Waals surface area contributed by atoms with Crippen LogP contribution in [0.1, 0.15) is 58.7 Å². The van der Waals surface area contributed by atoms with Crippen molar-refractivity contribution in [3.8, 4) is 40.4 Å². The van der Waals surface area contributed by atoms with Gasteiger partial charge < -0.3 is 24.1 Å². The summed E-state index contributed by atoms with van der Waals surface area (Å²) < 4.78 is 18.4. The number of pyridine rings is 1. The average molecular weight is 700 g/mol. The second-order valence-corrected chi connectivity index (χ2v) is 14.2. The summed E-state index contributed by atoms with van der Waals surface area (Å²) >= 11 is 0. The zero-order chi connectivity index (χ0) is 35.9. The summed E-state index contributed by atoms with van der Waals surface area (Å²) in [6.45, 7) is 5.99. The number of aliphatic carboxylic acids is 1. The van der Waals surface area contributed by atoms with Crippen LogP contribution in [0.25, 0.3) is 33.7 Å². The summed E-state index contributed by atoms with van der Waals surface area (Å²) in [5.74, 6) is 0.380. The van der Waals surface area contributed by atoms with Crippen LogP contribution < -0.4 is 9.47 Å². The summed E-state index contributed by atoms with van der Waals surface area (Å²) in [5.41, 5.74) is 9.81. The van der Waals surface area contributed by atoms with Crippen molar-refractivity contribution >= 4 is 17.1 Å². The maximum absolute atomic E-state index is 11.5. The van der Waals surface area contributed by atoms with E-state index in [1.165, 1.54) is 5.56 Å². The van der Waals surface area contributed by atoms with Gasteiger partial charge in [0.15, 0.2) is 5.58 Å². The van der Waals surface area contributed by atoms with Gasteiger partial charge in [-0.05, 0) is 96.8 Å². The Morgan fingerprint density at radius 3 is 2.54 bits per heavy atom. The van der Waals surface area contributed by atoms with Crippen molar-refractivity contribution in [3.05, 3.63) is 94.0 Å². The Balaban J connectivity index is 1.04. The molecule has 8 rings (SSSR count). The number of fused-ring (bicyclic) bond motifs is 2. The first-order valence-corrected chi connectivity index (χ1v) is 17.9. The van der Waals surface area contributed by atoms with Gasteiger partial charge in [-0.2, -0.15) is 10.2 Å². The molecule has 2 N–H and O–H groups in total. The molecule has 0 saturated carbocycles. The fourth-order valence-corrected chi connectivity index (χ4v) is 8.12. The van der Waals surface area contributed by atoms with Crippen LogP contribution >= 0.6 is 0 Å². The molecule has 52 heavy (non-hydrogen) atoms. The van der Waals surface area contributed by atoms with Gasteiger partial charge in [0.05, 0.1) is 24.7 Å². The lowest BCUT2D eigenvalue weighted by molar-refractivity contribution is -0.141. The number of methoxy groups -OCH3 is 1. The summed E-state index contributed by atoms with van der Waals surface area (Å²) in [7, 11) is 1.62. The molecule has 2 aliphatic heterocycles. The number of carboxylic acid groups (broad SMARTS) is 1. The van der Waals surface area contributed by atoms with Crippen molar-refractivity contribution in [1.29, 1.82) is 5.26 Å². The van der Waals surface area contributed by atoms with Crippen LogP contribution in [0.2, 0.25) is 0 Å². The highest BCUT2D eigenvalue weighted by Gasteiger charge is 2.30. The van der Waals surface area contributed by atoms with Gasteiger partial charge in [0.2, 0.25) is 17.7 Å². The van der Waals surface area contributed by atoms with Gasteiger partial charge in [0, 0.05) is 49.9 Å². The minimum absolute atomic E-state index is 0.151. The van der Waals surface area contributed by atoms with Gasteiger partial charge in [-0.3, -0.25) is 14.6 Å². The predicted octanol–water partition coefficient (Wildman–Crippen LogP) is 6.28. The average Bonchev–Trinajstić information content (AvgIpc) is 3.96. The standard InChI is InChI=1S/C41H41N5O6/c1-24-30(5-3-6-31(24)40-43-35-18-25(17-28(19-42)38(35)52-40)20-45-15-13-27(22-45)41(48)49)32-7-4-8-34-33(32)10-11-36(34)51-37-12-9-26(39(44-37)50-2)21-46-16-14-29(47)23-46/h3-9,12,17-18,27,29,36,47H,10-11,13-16,20-23H2,1-2H3,(H,48,49)/t27-,29-,36+/m1/s1. The molecule has 2 fully saturated rings. The third-order valence-corrected chi connectivity index (χ3v) is 10.8. The van der Waals surface area contributed by atoms with Gasteiger partial charge in [-0.1, -0.05) is 30.3 Å². The van der Waals surface area contributed by atoms with Crippen LogP contribution in [-0.2, 0) is 24.3 Å². The fourth-order valence-electron chi connectivity index (χ4n) is 8.12. The number of hydrogen-bond donors (Lipinski definition) is 2. The number of benzene rings is 3. The van der Waals surface area contributed by atoms with Gasteiger partial charge in [0.25, 0.3) is 0 Å². The van der Waals surface area contributed by atoms with Crippen LogP contribution in [0.4, 0.5) is 0 Å². The number of hydrogen-bond acceptors (Lipinski definition) is 10. The highest BCUT2D eigenvalue weighted by molar-refractivity contribution is 5.85. The minimum atomic E-state index is -0.765. The zero-order valence-corrected chi connectivity index (χ0v) is 29.3. The topological polar surface area (TPSA) is 145 Å². The molecule has 0 amide bonds. The molecule has 0 unspecified atom stereocenters. The lowest BCUT2D eigenvalue weighted by Gasteiger charge is -2.19. The van der Waals surface area contributed by atoms with Crippen molar-refractivity contribution in [2.24, 2.45) is 5.92 Å². The number of aliphatic hydroxyl groups is 1. The number of aliphatic hydroxyl groups excluding tert-OH is 1. The maximum Gasteiger partial charge on any atom is 0.307 e. The zero-order valence-electron chi connectivity index (χ0n) is 29.3. The monoisotopic (exact) mass is 699 g/mol. The van der Waals surface area contributed by atoms with E-state index in [-0.39, 0.29) is 18.1 Å². The van der Waals surface area contributed by atoms with E-state index < -0.39 is 5.97 Å². The summed E-state index contributed by atoms with van der Waals surface area (Å²) in [5, 5.41) is 29.3. The van der Waals surface area contributed by atoms with E-state index in [4.69, 9.17) is 23.9 Å². The first-order valence-electron chi connectivity index (χ1n) is 17.9.